The molecule has 0 aromatic rings. The molecule has 6 atom stereocenters. The third-order valence-electron chi connectivity index (χ3n) is 13.5. The molecule has 6 unspecified atom stereocenters. The summed E-state index contributed by atoms with van der Waals surface area (Å²) in [6, 6.07) is 0. The number of esters is 6. The van der Waals surface area contributed by atoms with Gasteiger partial charge in [0.25, 0.3) is 0 Å². The van der Waals surface area contributed by atoms with Gasteiger partial charge in [0.05, 0.1) is 25.7 Å². The average Bonchev–Trinajstić information content (AvgIpc) is 3.89. The number of ketones is 2. The Balaban J connectivity index is 0.0000115. The molecular formula is C61H72Na2O19. The summed E-state index contributed by atoms with van der Waals surface area (Å²) in [6.07, 6.45) is 17.8. The Kier molecular flexibility index (Phi) is 28.9. The molecule has 0 bridgehead atoms. The van der Waals surface area contributed by atoms with Crippen LogP contribution in [0.3, 0.4) is 0 Å². The number of carbonyl (C=O) groups excluding carboxylic acids is 8. The van der Waals surface area contributed by atoms with E-state index in [2.05, 4.69) is 4.74 Å². The van der Waals surface area contributed by atoms with E-state index in [0.29, 0.717) is 11.1 Å². The van der Waals surface area contributed by atoms with Crippen molar-refractivity contribution in [2.24, 2.45) is 10.8 Å². The zero-order valence-corrected chi connectivity index (χ0v) is 53.1. The van der Waals surface area contributed by atoms with Crippen LogP contribution in [0.1, 0.15) is 115 Å². The van der Waals surface area contributed by atoms with Crippen molar-refractivity contribution in [1.82, 2.24) is 0 Å². The molecule has 4 aliphatic rings. The van der Waals surface area contributed by atoms with E-state index in [9.17, 15) is 63.9 Å². The minimum atomic E-state index is -1.70. The van der Waals surface area contributed by atoms with Crippen LogP contribution in [0, 0.1) is 10.8 Å². The molecule has 4 rings (SSSR count). The number of aliphatic hydroxyl groups excluding tert-OH is 3. The van der Waals surface area contributed by atoms with Gasteiger partial charge in [0.2, 0.25) is 0 Å². The van der Waals surface area contributed by atoms with Gasteiger partial charge in [-0.2, -0.15) is 0 Å². The van der Waals surface area contributed by atoms with Crippen molar-refractivity contribution in [3.05, 3.63) is 152 Å². The van der Waals surface area contributed by atoms with Gasteiger partial charge in [-0.1, -0.05) is 135 Å². The summed E-state index contributed by atoms with van der Waals surface area (Å²) in [5.41, 5.74) is 5.31. The molecule has 0 fully saturated rings. The molecule has 2 aliphatic carbocycles. The predicted molar refractivity (Wildman–Crippen MR) is 287 cm³/mol. The Morgan fingerprint density at radius 3 is 1.27 bits per heavy atom. The molecular weight excluding hydrogens is 1080 g/mol. The first-order valence-corrected chi connectivity index (χ1v) is 26.0. The summed E-state index contributed by atoms with van der Waals surface area (Å²) < 4.78 is 30.2. The van der Waals surface area contributed by atoms with E-state index in [1.165, 1.54) is 6.92 Å². The van der Waals surface area contributed by atoms with E-state index in [1.54, 1.807) is 13.8 Å². The van der Waals surface area contributed by atoms with Crippen molar-refractivity contribution in [3.63, 3.8) is 0 Å². The number of allylic oxidation sites excluding steroid dienone is 20. The van der Waals surface area contributed by atoms with E-state index >= 15 is 0 Å². The van der Waals surface area contributed by atoms with Crippen LogP contribution >= 0.6 is 0 Å². The maximum absolute atomic E-state index is 13.3. The SMILES string of the molecule is CC1=C(/C=C/C(C)=C/C=C/C(C)=C/C=C/C=C(C)/C=C/C=C(C)/C=C/C2=C(C)C(=O)C(OC(=O)CCC(=O)OCC(O)C3OC(=O)C([O-])=C3O)CC2(C)C)C(C)(C)CC(OC(=O)CCC(=O)OCC(O)C2OC(=O)C([O-])=C2C)C1=O.[Na+].[Na+]. The molecule has 2 aliphatic heterocycles. The van der Waals surface area contributed by atoms with Crippen molar-refractivity contribution in [3.8, 4) is 0 Å². The summed E-state index contributed by atoms with van der Waals surface area (Å²) >= 11 is 0. The Bertz CT molecular complexity index is 2700. The smallest absolute Gasteiger partial charge is 0.868 e. The van der Waals surface area contributed by atoms with Gasteiger partial charge in [-0.25, -0.2) is 9.59 Å². The van der Waals surface area contributed by atoms with Crippen LogP contribution in [0.4, 0.5) is 0 Å². The van der Waals surface area contributed by atoms with Crippen molar-refractivity contribution in [1.29, 1.82) is 0 Å². The number of aliphatic hydroxyl groups is 3. The number of ether oxygens (including phenoxy) is 6. The quantitative estimate of drug-likeness (QED) is 0.0496. The number of rotatable bonds is 24. The molecule has 21 heteroatoms. The molecule has 0 saturated heterocycles. The summed E-state index contributed by atoms with van der Waals surface area (Å²) in [5, 5.41) is 52.9. The van der Waals surface area contributed by atoms with Crippen LogP contribution in [0.2, 0.25) is 0 Å². The van der Waals surface area contributed by atoms with Crippen molar-refractivity contribution in [2.75, 3.05) is 13.2 Å². The number of cyclic esters (lactones) is 2. The van der Waals surface area contributed by atoms with Gasteiger partial charge in [-0.15, -0.1) is 0 Å². The fraction of sp³-hybridized carbons (Fsp3) is 0.443. The zero-order chi connectivity index (χ0) is 59.8. The maximum Gasteiger partial charge on any atom is 1.00 e. The topological polar surface area (TPSA) is 299 Å². The second kappa shape index (κ2) is 32.8. The molecule has 0 aromatic heterocycles. The Morgan fingerprint density at radius 1 is 0.561 bits per heavy atom. The maximum atomic E-state index is 13.3. The van der Waals surface area contributed by atoms with Crippen molar-refractivity contribution in [2.45, 2.75) is 151 Å². The Morgan fingerprint density at radius 2 is 0.902 bits per heavy atom. The van der Waals surface area contributed by atoms with Gasteiger partial charge in [0.15, 0.2) is 36.0 Å². The third-order valence-corrected chi connectivity index (χ3v) is 13.5. The third kappa shape index (κ3) is 21.1. The molecule has 0 amide bonds. The molecule has 432 valence electrons. The number of Topliss-reactive ketones (excluding diaryl/α,β-unsaturated/α-hetero) is 2. The van der Waals surface area contributed by atoms with E-state index in [1.807, 2.05) is 140 Å². The molecule has 82 heavy (non-hydrogen) atoms. The molecule has 0 aromatic carbocycles. The minimum Gasteiger partial charge on any atom is -0.868 e. The van der Waals surface area contributed by atoms with Gasteiger partial charge in [-0.3, -0.25) is 28.8 Å². The molecule has 3 N–H and O–H groups in total. The summed E-state index contributed by atoms with van der Waals surface area (Å²) in [5.74, 6) is -9.57. The van der Waals surface area contributed by atoms with Crippen molar-refractivity contribution >= 4 is 47.4 Å². The number of carbonyl (C=O) groups is 8. The Hall–Kier alpha value is -5.90. The number of hydrogen-bond donors (Lipinski definition) is 3. The van der Waals surface area contributed by atoms with Crippen LogP contribution in [-0.4, -0.2) is 113 Å². The fourth-order valence-corrected chi connectivity index (χ4v) is 8.91. The van der Waals surface area contributed by atoms with Gasteiger partial charge in [0, 0.05) is 18.6 Å². The minimum absolute atomic E-state index is 0. The van der Waals surface area contributed by atoms with Gasteiger partial charge >= 0.3 is 94.9 Å². The first kappa shape index (κ1) is 72.2. The first-order valence-electron chi connectivity index (χ1n) is 26.0. The molecule has 0 spiro atoms. The van der Waals surface area contributed by atoms with E-state index in [0.717, 1.165) is 33.4 Å². The standard InChI is InChI=1S/C61H74O19.2Na/c1-34(18-14-20-36(3)22-24-41-38(5)51(68)45(30-60(41,8)9)77-49(66)28-26-47(64)75-32-43(62)56-40(7)53(70)58(73)79-56)16-12-13-17-35(2)19-15-21-37(4)23-25-42-39(6)52(69)46(31-61(42,10)11)78-50(67)29-27-48(65)76-33-44(63)57-54(71)55(72)59(74)80-57;;/h12-25,43-46,56-57,62-63,70-72H,26-33H2,1-11H3;;/q;2*+1/p-2/b13-12+,18-14+,19-15+,24-22+,25-23+,34-16+,35-17+,36-20+,37-21+;;. The van der Waals surface area contributed by atoms with Crippen LogP contribution in [-0.2, 0) is 66.8 Å². The average molecular weight is 1160 g/mol. The van der Waals surface area contributed by atoms with Crippen LogP contribution in [0.5, 0.6) is 0 Å². The second-order valence-corrected chi connectivity index (χ2v) is 21.2. The predicted octanol–water partition coefficient (Wildman–Crippen LogP) is -0.00120. The molecule has 0 radical (unpaired) electrons. The monoisotopic (exact) mass is 1150 g/mol. The summed E-state index contributed by atoms with van der Waals surface area (Å²) in [4.78, 5) is 99.1. The van der Waals surface area contributed by atoms with E-state index in [-0.39, 0.29) is 102 Å². The molecule has 2 heterocycles. The van der Waals surface area contributed by atoms with Gasteiger partial charge < -0.3 is 54.0 Å². The zero-order valence-electron chi connectivity index (χ0n) is 49.1. The molecule has 19 nitrogen and oxygen atoms in total. The molecule has 0 saturated carbocycles. The van der Waals surface area contributed by atoms with Crippen LogP contribution in [0.15, 0.2) is 152 Å². The van der Waals surface area contributed by atoms with Crippen molar-refractivity contribution < 1.29 is 151 Å². The first-order chi connectivity index (χ1) is 37.4. The van der Waals surface area contributed by atoms with Gasteiger partial charge in [0.1, 0.15) is 31.2 Å². The van der Waals surface area contributed by atoms with E-state index in [4.69, 9.17) is 23.7 Å². The summed E-state index contributed by atoms with van der Waals surface area (Å²) in [7, 11) is 0. The van der Waals surface area contributed by atoms with Crippen LogP contribution < -0.4 is 69.3 Å². The second-order valence-electron chi connectivity index (χ2n) is 21.2. The largest absolute Gasteiger partial charge is 1.00 e. The summed E-state index contributed by atoms with van der Waals surface area (Å²) in [6.45, 7) is 19.0. The Labute approximate surface area is 522 Å². The van der Waals surface area contributed by atoms with E-state index < -0.39 is 127 Å². The van der Waals surface area contributed by atoms with Crippen LogP contribution in [0.25, 0.3) is 0 Å². The van der Waals surface area contributed by atoms with Gasteiger partial charge in [-0.05, 0) is 92.9 Å². The normalized spacial score (nSPS) is 22.5. The number of hydrogen-bond acceptors (Lipinski definition) is 19. The fourth-order valence-electron chi connectivity index (χ4n) is 8.91.